The maximum atomic E-state index is 6.92. The standard InChI is InChI=1S/C92H68N4O3/c1-5-57-43-58(6-2)46-71(45-57)95-83-25-17-15-23-73(83)77-49-67(37-41-85(77)95)93(65-31-27-63(28-32-65)61-19-11-9-12-20-61)69-35-39-75-79-53-81-82-54-80-76-40-36-70(52-88(76)98-90(80)56-92(82)99-91(81)55-89(79)97-87(75)51-69)94(66-33-29-64(30-34-66)62-21-13-10-14-22-62)68-38-42-86-78(50-68)74-24-16-18-26-84(74)96(86)72-47-59(7-3)44-60(8-4)48-72/h9-56H,5-8H2,1-4H3. The fraction of sp³-hybridized carbons (Fsp3) is 0.0870. The van der Waals surface area contributed by atoms with Crippen LogP contribution in [0.5, 0.6) is 0 Å². The SMILES string of the molecule is CCc1cc(CC)cc(-n2c3ccccc3c3cc(N(c4ccc(-c5ccccc5)cc4)c4ccc5c(c4)oc4cc6oc7cc8oc9cc(N(c%10ccc(-c%11ccccc%11)cc%10)c%10ccc%11c(c%10)c%10ccccc%10n%11-c%10cc(CC)cc(CC)c%10)ccc9c8cc7c6cc45)ccc32)c1. The Morgan fingerprint density at radius 1 is 0.222 bits per heavy atom. The molecule has 0 saturated heterocycles. The van der Waals surface area contributed by atoms with E-state index in [-0.39, 0.29) is 0 Å². The second-order valence-corrected chi connectivity index (χ2v) is 26.4. The van der Waals surface area contributed by atoms with Crippen LogP contribution in [0.2, 0.25) is 0 Å². The molecule has 0 unspecified atom stereocenters. The Hall–Kier alpha value is -12.3. The quantitative estimate of drug-likeness (QED) is 0.109. The molecule has 0 N–H and O–H groups in total. The van der Waals surface area contributed by atoms with Crippen molar-refractivity contribution in [2.45, 2.75) is 53.4 Å². The third kappa shape index (κ3) is 9.62. The minimum Gasteiger partial charge on any atom is -0.456 e. The number of fused-ring (bicyclic) bond motifs is 15. The highest BCUT2D eigenvalue weighted by molar-refractivity contribution is 6.20. The molecule has 0 bridgehead atoms. The van der Waals surface area contributed by atoms with Crippen molar-refractivity contribution < 1.29 is 13.3 Å². The van der Waals surface area contributed by atoms with E-state index in [9.17, 15) is 0 Å². The van der Waals surface area contributed by atoms with Crippen LogP contribution in [-0.2, 0) is 25.7 Å². The molecule has 7 heteroatoms. The number of aromatic nitrogens is 2. The smallest absolute Gasteiger partial charge is 0.139 e. The predicted molar refractivity (Wildman–Crippen MR) is 415 cm³/mol. The maximum absolute atomic E-state index is 6.92. The number of hydrogen-bond acceptors (Lipinski definition) is 5. The van der Waals surface area contributed by atoms with Gasteiger partial charge in [0.2, 0.25) is 0 Å². The van der Waals surface area contributed by atoms with Crippen molar-refractivity contribution in [1.82, 2.24) is 9.13 Å². The fourth-order valence-corrected chi connectivity index (χ4v) is 15.7. The van der Waals surface area contributed by atoms with Gasteiger partial charge in [0.25, 0.3) is 0 Å². The van der Waals surface area contributed by atoms with Gasteiger partial charge in [-0.05, 0) is 204 Å². The number of rotatable bonds is 14. The Morgan fingerprint density at radius 2 is 0.525 bits per heavy atom. The number of hydrogen-bond donors (Lipinski definition) is 0. The summed E-state index contributed by atoms with van der Waals surface area (Å²) >= 11 is 0. The molecule has 5 heterocycles. The van der Waals surface area contributed by atoms with Crippen molar-refractivity contribution in [2.24, 2.45) is 0 Å². The molecule has 0 spiro atoms. The summed E-state index contributed by atoms with van der Waals surface area (Å²) in [5, 5.41) is 10.9. The molecular weight excluding hydrogens is 1210 g/mol. The lowest BCUT2D eigenvalue weighted by molar-refractivity contribution is 0.651. The van der Waals surface area contributed by atoms with E-state index >= 15 is 0 Å². The average Bonchev–Trinajstić information content (AvgIpc) is 1.60. The van der Waals surface area contributed by atoms with Gasteiger partial charge in [-0.3, -0.25) is 0 Å². The van der Waals surface area contributed by atoms with Gasteiger partial charge in [0.05, 0.1) is 22.1 Å². The molecule has 5 aromatic heterocycles. The number of anilines is 6. The van der Waals surface area contributed by atoms with Gasteiger partial charge in [-0.2, -0.15) is 0 Å². The van der Waals surface area contributed by atoms with Crippen LogP contribution in [0.1, 0.15) is 49.9 Å². The lowest BCUT2D eigenvalue weighted by Crippen LogP contribution is -2.10. The summed E-state index contributed by atoms with van der Waals surface area (Å²) in [5.74, 6) is 0. The van der Waals surface area contributed by atoms with Gasteiger partial charge < -0.3 is 32.2 Å². The number of furan rings is 3. The van der Waals surface area contributed by atoms with Gasteiger partial charge in [-0.25, -0.2) is 0 Å². The summed E-state index contributed by atoms with van der Waals surface area (Å²) in [6, 6.07) is 107. The van der Waals surface area contributed by atoms with E-state index in [2.05, 4.69) is 338 Å². The van der Waals surface area contributed by atoms with Crippen LogP contribution in [-0.4, -0.2) is 9.13 Å². The predicted octanol–water partition coefficient (Wildman–Crippen LogP) is 26.1. The van der Waals surface area contributed by atoms with Crippen LogP contribution in [0.25, 0.3) is 143 Å². The van der Waals surface area contributed by atoms with E-state index in [4.69, 9.17) is 13.3 Å². The molecule has 14 aromatic carbocycles. The molecular formula is C92H68N4O3. The van der Waals surface area contributed by atoms with E-state index in [0.717, 1.165) is 137 Å². The minimum atomic E-state index is 0.755. The van der Waals surface area contributed by atoms with E-state index in [1.807, 2.05) is 0 Å². The molecule has 19 rings (SSSR count). The Balaban J connectivity index is 0.711. The first kappa shape index (κ1) is 58.1. The summed E-state index contributed by atoms with van der Waals surface area (Å²) in [4.78, 5) is 4.72. The Kier molecular flexibility index (Phi) is 13.6. The summed E-state index contributed by atoms with van der Waals surface area (Å²) in [6.45, 7) is 8.97. The van der Waals surface area contributed by atoms with Crippen molar-refractivity contribution in [3.63, 3.8) is 0 Å². The van der Waals surface area contributed by atoms with E-state index in [1.165, 1.54) is 88.4 Å². The third-order valence-electron chi connectivity index (χ3n) is 20.7. The summed E-state index contributed by atoms with van der Waals surface area (Å²) in [6.07, 6.45) is 3.91. The zero-order chi connectivity index (χ0) is 66.0. The van der Waals surface area contributed by atoms with Crippen molar-refractivity contribution in [2.75, 3.05) is 9.80 Å². The second kappa shape index (κ2) is 23.2. The highest BCUT2D eigenvalue weighted by Gasteiger charge is 2.24. The van der Waals surface area contributed by atoms with Crippen LogP contribution in [0, 0.1) is 0 Å². The van der Waals surface area contributed by atoms with Gasteiger partial charge >= 0.3 is 0 Å². The largest absolute Gasteiger partial charge is 0.456 e. The van der Waals surface area contributed by atoms with Crippen molar-refractivity contribution in [3.05, 3.63) is 313 Å². The molecule has 0 amide bonds. The molecule has 7 nitrogen and oxygen atoms in total. The van der Waals surface area contributed by atoms with Crippen molar-refractivity contribution in [1.29, 1.82) is 0 Å². The lowest BCUT2D eigenvalue weighted by atomic mass is 10.0. The van der Waals surface area contributed by atoms with Crippen molar-refractivity contribution >= 4 is 144 Å². The number of aryl methyl sites for hydroxylation is 4. The zero-order valence-corrected chi connectivity index (χ0v) is 55.6. The highest BCUT2D eigenvalue weighted by Crippen LogP contribution is 2.47. The highest BCUT2D eigenvalue weighted by atomic mass is 16.3. The Morgan fingerprint density at radius 3 is 0.909 bits per heavy atom. The van der Waals surface area contributed by atoms with Gasteiger partial charge in [0, 0.05) is 124 Å². The molecule has 0 atom stereocenters. The monoisotopic (exact) mass is 1280 g/mol. The summed E-state index contributed by atoms with van der Waals surface area (Å²) in [5.41, 5.74) is 27.9. The van der Waals surface area contributed by atoms with Crippen LogP contribution in [0.4, 0.5) is 34.1 Å². The molecule has 0 aliphatic carbocycles. The topological polar surface area (TPSA) is 55.8 Å². The van der Waals surface area contributed by atoms with Crippen LogP contribution in [0.15, 0.2) is 304 Å². The first-order valence-electron chi connectivity index (χ1n) is 34.7. The number of nitrogens with zero attached hydrogens (tertiary/aromatic N) is 4. The number of benzene rings is 14. The fourth-order valence-electron chi connectivity index (χ4n) is 15.7. The van der Waals surface area contributed by atoms with E-state index < -0.39 is 0 Å². The Labute approximate surface area is 572 Å². The summed E-state index contributed by atoms with van der Waals surface area (Å²) in [7, 11) is 0. The molecule has 0 aliphatic rings. The van der Waals surface area contributed by atoms with E-state index in [0.29, 0.717) is 0 Å². The van der Waals surface area contributed by atoms with Crippen molar-refractivity contribution in [3.8, 4) is 33.6 Å². The van der Waals surface area contributed by atoms with Gasteiger partial charge in [-0.15, -0.1) is 0 Å². The summed E-state index contributed by atoms with van der Waals surface area (Å²) < 4.78 is 25.5. The molecule has 0 saturated carbocycles. The molecule has 0 radical (unpaired) electrons. The minimum absolute atomic E-state index is 0.755. The maximum Gasteiger partial charge on any atom is 0.139 e. The normalized spacial score (nSPS) is 12.0. The van der Waals surface area contributed by atoms with Gasteiger partial charge in [-0.1, -0.05) is 161 Å². The lowest BCUT2D eigenvalue weighted by Gasteiger charge is -2.26. The first-order chi connectivity index (χ1) is 48.8. The zero-order valence-electron chi connectivity index (χ0n) is 55.6. The number of para-hydroxylation sites is 2. The average molecular weight is 1280 g/mol. The molecule has 0 aliphatic heterocycles. The molecule has 99 heavy (non-hydrogen) atoms. The van der Waals surface area contributed by atoms with Crippen LogP contribution < -0.4 is 9.80 Å². The molecule has 474 valence electrons. The second-order valence-electron chi connectivity index (χ2n) is 26.4. The Bertz CT molecular complexity index is 5970. The van der Waals surface area contributed by atoms with E-state index in [1.54, 1.807) is 0 Å². The van der Waals surface area contributed by atoms with Gasteiger partial charge in [0.15, 0.2) is 0 Å². The van der Waals surface area contributed by atoms with Gasteiger partial charge in [0.1, 0.15) is 33.5 Å². The first-order valence-corrected chi connectivity index (χ1v) is 34.7. The molecule has 0 fully saturated rings. The van der Waals surface area contributed by atoms with Crippen LogP contribution >= 0.6 is 0 Å². The molecule has 19 aromatic rings. The van der Waals surface area contributed by atoms with Crippen LogP contribution in [0.3, 0.4) is 0 Å². The third-order valence-corrected chi connectivity index (χ3v) is 20.7.